The predicted molar refractivity (Wildman–Crippen MR) is 54.9 cm³/mol. The lowest BCUT2D eigenvalue weighted by Gasteiger charge is -2.24. The first-order valence-electron chi connectivity index (χ1n) is 4.75. The van der Waals surface area contributed by atoms with Gasteiger partial charge in [0.15, 0.2) is 0 Å². The van der Waals surface area contributed by atoms with Crippen molar-refractivity contribution in [3.63, 3.8) is 0 Å². The van der Waals surface area contributed by atoms with Gasteiger partial charge in [-0.15, -0.1) is 0 Å². The van der Waals surface area contributed by atoms with Gasteiger partial charge in [-0.25, -0.2) is 0 Å². The zero-order valence-electron chi connectivity index (χ0n) is 9.53. The van der Waals surface area contributed by atoms with E-state index in [1.165, 1.54) is 0 Å². The zero-order chi connectivity index (χ0) is 14.3. The highest BCUT2D eigenvalue weighted by Crippen LogP contribution is 2.06. The molecule has 0 aromatic rings. The topological polar surface area (TPSA) is 141 Å². The van der Waals surface area contributed by atoms with Gasteiger partial charge in [-0.05, 0) is 0 Å². The number of ether oxygens (including phenoxy) is 1. The van der Waals surface area contributed by atoms with Crippen molar-refractivity contribution < 1.29 is 39.2 Å². The maximum atomic E-state index is 11.0. The van der Waals surface area contributed by atoms with E-state index in [-0.39, 0.29) is 0 Å². The molecule has 9 heteroatoms. The van der Waals surface area contributed by atoms with Crippen LogP contribution in [0.3, 0.4) is 0 Å². The number of carboxylic acids is 3. The second-order valence-corrected chi connectivity index (χ2v) is 3.33. The minimum Gasteiger partial charge on any atom is -0.480 e. The normalized spacial score (nSPS) is 11.9. The summed E-state index contributed by atoms with van der Waals surface area (Å²) in [6, 6.07) is -1.57. The Morgan fingerprint density at radius 1 is 1.06 bits per heavy atom. The quantitative estimate of drug-likeness (QED) is 0.444. The third kappa shape index (κ3) is 5.80. The van der Waals surface area contributed by atoms with Crippen LogP contribution in [0, 0.1) is 0 Å². The van der Waals surface area contributed by atoms with Gasteiger partial charge < -0.3 is 20.1 Å². The highest BCUT2D eigenvalue weighted by atomic mass is 16.5. The van der Waals surface area contributed by atoms with Crippen molar-refractivity contribution in [1.29, 1.82) is 0 Å². The minimum absolute atomic E-state index is 0.633. The van der Waals surface area contributed by atoms with E-state index in [1.807, 2.05) is 0 Å². The van der Waals surface area contributed by atoms with Crippen molar-refractivity contribution in [3.8, 4) is 0 Å². The van der Waals surface area contributed by atoms with E-state index in [4.69, 9.17) is 15.3 Å². The van der Waals surface area contributed by atoms with Crippen molar-refractivity contribution in [2.75, 3.05) is 20.2 Å². The number of carboxylic acid groups (broad SMARTS) is 3. The summed E-state index contributed by atoms with van der Waals surface area (Å²) in [5.41, 5.74) is 0. The summed E-state index contributed by atoms with van der Waals surface area (Å²) < 4.78 is 4.27. The van der Waals surface area contributed by atoms with E-state index < -0.39 is 49.4 Å². The fourth-order valence-electron chi connectivity index (χ4n) is 1.24. The van der Waals surface area contributed by atoms with Crippen LogP contribution < -0.4 is 0 Å². The number of hydrogen-bond donors (Lipinski definition) is 3. The molecule has 18 heavy (non-hydrogen) atoms. The fraction of sp³-hybridized carbons (Fsp3) is 0.556. The van der Waals surface area contributed by atoms with Crippen molar-refractivity contribution in [1.82, 2.24) is 4.90 Å². The van der Waals surface area contributed by atoms with E-state index in [0.717, 1.165) is 7.11 Å². The average molecular weight is 263 g/mol. The summed E-state index contributed by atoms with van der Waals surface area (Å²) in [6.45, 7) is -1.61. The Morgan fingerprint density at radius 2 is 1.50 bits per heavy atom. The molecule has 0 aromatic carbocycles. The SMILES string of the molecule is COC(=O)CC(C(=O)O)N(CC(=O)O)CC(=O)O. The number of nitrogens with zero attached hydrogens (tertiary/aromatic N) is 1. The van der Waals surface area contributed by atoms with Crippen LogP contribution in [0.15, 0.2) is 0 Å². The number of aliphatic carboxylic acids is 3. The maximum absolute atomic E-state index is 11.0. The van der Waals surface area contributed by atoms with Crippen LogP contribution in [-0.4, -0.2) is 70.3 Å². The molecule has 0 bridgehead atoms. The molecule has 0 radical (unpaired) electrons. The zero-order valence-corrected chi connectivity index (χ0v) is 9.53. The van der Waals surface area contributed by atoms with Crippen molar-refractivity contribution >= 4 is 23.9 Å². The highest BCUT2D eigenvalue weighted by Gasteiger charge is 2.31. The molecule has 9 nitrogen and oxygen atoms in total. The molecule has 1 unspecified atom stereocenters. The monoisotopic (exact) mass is 263 g/mol. The third-order valence-corrected chi connectivity index (χ3v) is 1.99. The van der Waals surface area contributed by atoms with Crippen LogP contribution in [0.1, 0.15) is 6.42 Å². The molecular weight excluding hydrogens is 250 g/mol. The lowest BCUT2D eigenvalue weighted by Crippen LogP contribution is -2.47. The molecule has 0 rings (SSSR count). The fourth-order valence-corrected chi connectivity index (χ4v) is 1.24. The molecule has 0 aliphatic rings. The van der Waals surface area contributed by atoms with Crippen LogP contribution in [0.25, 0.3) is 0 Å². The van der Waals surface area contributed by atoms with Gasteiger partial charge in [0.1, 0.15) is 6.04 Å². The summed E-state index contributed by atoms with van der Waals surface area (Å²) in [4.78, 5) is 43.6. The summed E-state index contributed by atoms with van der Waals surface area (Å²) in [5.74, 6) is -5.16. The van der Waals surface area contributed by atoms with E-state index in [0.29, 0.717) is 4.90 Å². The molecule has 0 aliphatic carbocycles. The summed E-state index contributed by atoms with van der Waals surface area (Å²) in [7, 11) is 1.04. The standard InChI is InChI=1S/C9H13NO8/c1-18-8(15)2-5(9(16)17)10(3-6(11)12)4-7(13)14/h5H,2-4H2,1H3,(H,11,12)(H,13,14)(H,16,17). The first kappa shape index (κ1) is 15.8. The first-order valence-corrected chi connectivity index (χ1v) is 4.75. The van der Waals surface area contributed by atoms with Gasteiger partial charge in [-0.1, -0.05) is 0 Å². The Hall–Kier alpha value is -2.16. The maximum Gasteiger partial charge on any atom is 0.321 e. The molecule has 0 amide bonds. The molecule has 0 aromatic heterocycles. The van der Waals surface area contributed by atoms with Gasteiger partial charge in [0.2, 0.25) is 0 Å². The summed E-state index contributed by atoms with van der Waals surface area (Å²) in [6.07, 6.45) is -0.633. The largest absolute Gasteiger partial charge is 0.480 e. The second kappa shape index (κ2) is 7.22. The van der Waals surface area contributed by atoms with Crippen LogP contribution >= 0.6 is 0 Å². The first-order chi connectivity index (χ1) is 8.27. The van der Waals surface area contributed by atoms with E-state index in [1.54, 1.807) is 0 Å². The molecule has 0 saturated heterocycles. The molecule has 0 aliphatic heterocycles. The Kier molecular flexibility index (Phi) is 6.35. The molecular formula is C9H13NO8. The van der Waals surface area contributed by atoms with Crippen LogP contribution in [0.5, 0.6) is 0 Å². The minimum atomic E-state index is -1.57. The average Bonchev–Trinajstić information content (AvgIpc) is 2.22. The molecule has 1 atom stereocenters. The molecule has 0 fully saturated rings. The van der Waals surface area contributed by atoms with Gasteiger partial charge in [0.25, 0.3) is 0 Å². The Bertz CT molecular complexity index is 336. The third-order valence-electron chi connectivity index (χ3n) is 1.99. The molecule has 0 heterocycles. The van der Waals surface area contributed by atoms with Gasteiger partial charge in [-0.2, -0.15) is 0 Å². The number of methoxy groups -OCH3 is 1. The molecule has 102 valence electrons. The number of carbonyl (C=O) groups excluding carboxylic acids is 1. The number of esters is 1. The van der Waals surface area contributed by atoms with Gasteiger partial charge in [-0.3, -0.25) is 24.1 Å². The van der Waals surface area contributed by atoms with Gasteiger partial charge in [0.05, 0.1) is 26.6 Å². The Balaban J connectivity index is 4.95. The summed E-state index contributed by atoms with van der Waals surface area (Å²) >= 11 is 0. The molecule has 3 N–H and O–H groups in total. The van der Waals surface area contributed by atoms with Gasteiger partial charge in [0, 0.05) is 0 Å². The van der Waals surface area contributed by atoms with Crippen molar-refractivity contribution in [2.24, 2.45) is 0 Å². The summed E-state index contributed by atoms with van der Waals surface area (Å²) in [5, 5.41) is 26.0. The lowest BCUT2D eigenvalue weighted by molar-refractivity contribution is -0.155. The van der Waals surface area contributed by atoms with Gasteiger partial charge >= 0.3 is 23.9 Å². The number of hydrogen-bond acceptors (Lipinski definition) is 6. The van der Waals surface area contributed by atoms with Crippen LogP contribution in [-0.2, 0) is 23.9 Å². The smallest absolute Gasteiger partial charge is 0.321 e. The molecule has 0 spiro atoms. The van der Waals surface area contributed by atoms with E-state index in [2.05, 4.69) is 4.74 Å². The van der Waals surface area contributed by atoms with Crippen LogP contribution in [0.2, 0.25) is 0 Å². The predicted octanol–water partition coefficient (Wildman–Crippen LogP) is -1.53. The second-order valence-electron chi connectivity index (χ2n) is 3.33. The van der Waals surface area contributed by atoms with Crippen molar-refractivity contribution in [2.45, 2.75) is 12.5 Å². The highest BCUT2D eigenvalue weighted by molar-refractivity contribution is 5.83. The lowest BCUT2D eigenvalue weighted by atomic mass is 10.1. The van der Waals surface area contributed by atoms with Crippen molar-refractivity contribution in [3.05, 3.63) is 0 Å². The molecule has 0 saturated carbocycles. The van der Waals surface area contributed by atoms with Crippen LogP contribution in [0.4, 0.5) is 0 Å². The number of carbonyl (C=O) groups is 4. The number of rotatable bonds is 8. The van der Waals surface area contributed by atoms with E-state index in [9.17, 15) is 19.2 Å². The van der Waals surface area contributed by atoms with E-state index >= 15 is 0 Å². The Labute approximate surface area is 102 Å². The Morgan fingerprint density at radius 3 is 1.78 bits per heavy atom.